The summed E-state index contributed by atoms with van der Waals surface area (Å²) < 4.78 is 148. The minimum Gasteiger partial charge on any atom is -0.744 e. The predicted octanol–water partition coefficient (Wildman–Crippen LogP) is -7.29. The summed E-state index contributed by atoms with van der Waals surface area (Å²) in [4.78, 5) is 9.48. The first-order chi connectivity index (χ1) is 28.9. The van der Waals surface area contributed by atoms with Crippen molar-refractivity contribution in [1.82, 2.24) is 0 Å². The molecule has 0 heterocycles. The number of hydrogen-bond acceptors (Lipinski definition) is 22. The number of nitrogens with two attached hydrogens (primary N) is 3. The fourth-order valence-electron chi connectivity index (χ4n) is 5.66. The molecular weight excluding hydrogens is 987 g/mol. The maximum atomic E-state index is 13.7. The van der Waals surface area contributed by atoms with Gasteiger partial charge in [0.1, 0.15) is 57.6 Å². The second-order valence-electron chi connectivity index (χ2n) is 12.7. The van der Waals surface area contributed by atoms with Crippen molar-refractivity contribution in [2.75, 3.05) is 22.6 Å². The fourth-order valence-corrected chi connectivity index (χ4v) is 8.35. The Hall–Kier alpha value is -3.04. The molecule has 22 nitrogen and oxygen atoms in total. The van der Waals surface area contributed by atoms with Crippen molar-refractivity contribution in [1.29, 1.82) is 0 Å². The Bertz CT molecular complexity index is 3340. The number of fused-ring (bicyclic) bond motifs is 1. The van der Waals surface area contributed by atoms with Crippen molar-refractivity contribution in [3.05, 3.63) is 118 Å². The molecule has 30 heteroatoms. The first-order valence-corrected chi connectivity index (χ1v) is 22.5. The zero-order chi connectivity index (χ0) is 45.4. The van der Waals surface area contributed by atoms with E-state index in [0.717, 1.165) is 36.4 Å². The van der Waals surface area contributed by atoms with E-state index in [1.165, 1.54) is 36.4 Å². The normalized spacial score (nSPS) is 13.6. The van der Waals surface area contributed by atoms with Crippen molar-refractivity contribution in [2.45, 2.75) is 14.7 Å². The fraction of sp³-hybridized carbons (Fsp3) is 0. The van der Waals surface area contributed by atoms with Gasteiger partial charge in [-0.05, 0) is 83.4 Å². The number of benzene rings is 5. The van der Waals surface area contributed by atoms with Gasteiger partial charge in [-0.15, -0.1) is 10.2 Å². The zero-order valence-electron chi connectivity index (χ0n) is 34.8. The van der Waals surface area contributed by atoms with Gasteiger partial charge in [0.25, 0.3) is 0 Å². The van der Waals surface area contributed by atoms with E-state index in [1.807, 2.05) is 0 Å². The van der Waals surface area contributed by atoms with Crippen molar-refractivity contribution >= 4 is 116 Å². The van der Waals surface area contributed by atoms with Gasteiger partial charge in [-0.1, -0.05) is 42.5 Å². The average molecular weight is 1010 g/mol. The number of allylic oxidation sites excluding steroid dienone is 1. The van der Waals surface area contributed by atoms with Crippen LogP contribution in [0, 0.1) is 0 Å². The molecule has 0 unspecified atom stereocenters. The number of nitrogen functional groups attached to an aromatic ring is 3. The molecule has 0 amide bonds. The van der Waals surface area contributed by atoms with Gasteiger partial charge in [0.05, 0.1) is 53.6 Å². The minimum absolute atomic E-state index is 0. The van der Waals surface area contributed by atoms with E-state index in [1.54, 1.807) is 18.2 Å². The second-order valence-corrected chi connectivity index (χ2v) is 18.1. The van der Waals surface area contributed by atoms with Gasteiger partial charge < -0.3 is 35.4 Å². The van der Waals surface area contributed by atoms with Crippen LogP contribution in [0.2, 0.25) is 0 Å². The largest absolute Gasteiger partial charge is 1.00 e. The van der Waals surface area contributed by atoms with Gasteiger partial charge in [0, 0.05) is 5.69 Å². The average Bonchev–Trinajstić information content (AvgIpc) is 3.18. The number of hydrogen-bond donors (Lipinski definition) is 4. The van der Waals surface area contributed by atoms with Crippen molar-refractivity contribution in [3.8, 4) is 0 Å². The van der Waals surface area contributed by atoms with Gasteiger partial charge in [-0.3, -0.25) is 10.2 Å². The number of anilines is 4. The van der Waals surface area contributed by atoms with Crippen molar-refractivity contribution in [3.63, 3.8) is 0 Å². The summed E-state index contributed by atoms with van der Waals surface area (Å²) in [5.41, 5.74) is 15.9. The molecule has 0 saturated carbocycles. The third-order valence-corrected chi connectivity index (χ3v) is 12.0. The standard InChI is InChI=1S/C36H29N9O13S4.4Na/c37-22-10-13-27(26(38)16-22)43-41-24-11-8-19(28(17-24)59(47,48)49)6-7-20-9-12-25(18-29(20)60(50,51)52)42-44-34-30(61(53,54)55)14-21-15-31(62(56,57)58)35(36(46)32(21)33(34)39)45-40-23-4-2-1-3-5-23;;;;/h1-18,40H,37-39H2,(H,47,48,49)(H,50,51,52)(H,53,54,55)(H,56,57,58);;;;/q;4*+1/p-4/b7-6+,43-41?,44-42?,45-35-;;;;. The van der Waals surface area contributed by atoms with E-state index in [-0.39, 0.29) is 152 Å². The third-order valence-electron chi connectivity index (χ3n) is 8.47. The van der Waals surface area contributed by atoms with Crippen LogP contribution in [0.25, 0.3) is 18.2 Å². The second kappa shape index (κ2) is 23.5. The Labute approximate surface area is 465 Å². The molecule has 7 N–H and O–H groups in total. The molecule has 320 valence electrons. The number of para-hydroxylation sites is 1. The van der Waals surface area contributed by atoms with Crippen LogP contribution in [0.5, 0.6) is 0 Å². The first-order valence-electron chi connectivity index (χ1n) is 16.8. The molecule has 5 aromatic carbocycles. The molecule has 5 aromatic rings. The van der Waals surface area contributed by atoms with E-state index in [2.05, 4.69) is 31.0 Å². The summed E-state index contributed by atoms with van der Waals surface area (Å²) in [6, 6.07) is 18.7. The predicted molar refractivity (Wildman–Crippen MR) is 220 cm³/mol. The first kappa shape index (κ1) is 59.1. The smallest absolute Gasteiger partial charge is 0.744 e. The van der Waals surface area contributed by atoms with Crippen LogP contribution < -0.4 is 141 Å². The Morgan fingerprint density at radius 3 is 1.56 bits per heavy atom. The number of azo groups is 2. The number of hydrazone groups is 1. The Morgan fingerprint density at radius 1 is 0.561 bits per heavy atom. The molecule has 66 heavy (non-hydrogen) atoms. The summed E-state index contributed by atoms with van der Waals surface area (Å²) in [6.45, 7) is 0. The number of rotatable bonds is 12. The molecule has 1 aliphatic carbocycles. The van der Waals surface area contributed by atoms with Crippen LogP contribution >= 0.6 is 0 Å². The van der Waals surface area contributed by atoms with Crippen LogP contribution in [-0.2, 0) is 40.5 Å². The molecule has 0 saturated heterocycles. The van der Waals surface area contributed by atoms with E-state index in [9.17, 15) is 56.7 Å². The summed E-state index contributed by atoms with van der Waals surface area (Å²) in [6.07, 6.45) is 2.58. The number of carbonyl (C=O) groups excluding carboxylic acids is 1. The molecule has 0 fully saturated rings. The number of Topliss-reactive ketones (excluding diaryl/α,β-unsaturated/α-hetero) is 1. The maximum Gasteiger partial charge on any atom is 1.00 e. The maximum absolute atomic E-state index is 13.7. The number of ketones is 1. The molecule has 0 bridgehead atoms. The minimum atomic E-state index is -5.57. The third kappa shape index (κ3) is 14.3. The Balaban J connectivity index is 0.00000374. The van der Waals surface area contributed by atoms with Gasteiger partial charge >= 0.3 is 118 Å². The van der Waals surface area contributed by atoms with Crippen molar-refractivity contribution < 1.29 is 175 Å². The molecular formula is C36H25N9Na4O13S4. The Morgan fingerprint density at radius 2 is 1.08 bits per heavy atom. The summed E-state index contributed by atoms with van der Waals surface area (Å²) in [7, 11) is -21.6. The van der Waals surface area contributed by atoms with E-state index < -0.39 is 99.7 Å². The zero-order valence-corrected chi connectivity index (χ0v) is 46.1. The van der Waals surface area contributed by atoms with Crippen LogP contribution in [0.3, 0.4) is 0 Å². The van der Waals surface area contributed by atoms with Crippen LogP contribution in [0.4, 0.5) is 45.5 Å². The summed E-state index contributed by atoms with van der Waals surface area (Å²) >= 11 is 0. The van der Waals surface area contributed by atoms with Gasteiger partial charge in [-0.2, -0.15) is 15.3 Å². The Kier molecular flexibility index (Phi) is 21.0. The topological polar surface area (TPSA) is 398 Å². The van der Waals surface area contributed by atoms with E-state index in [4.69, 9.17) is 17.2 Å². The van der Waals surface area contributed by atoms with Gasteiger partial charge in [0.2, 0.25) is 5.78 Å². The summed E-state index contributed by atoms with van der Waals surface area (Å²) in [5, 5.41) is 19.0. The van der Waals surface area contributed by atoms with Crippen LogP contribution in [-0.4, -0.2) is 63.4 Å². The molecule has 0 radical (unpaired) electrons. The number of nitrogens with one attached hydrogen (secondary N) is 1. The summed E-state index contributed by atoms with van der Waals surface area (Å²) in [5.74, 6) is -1.31. The molecule has 0 spiro atoms. The monoisotopic (exact) mass is 1010 g/mol. The molecule has 0 atom stereocenters. The molecule has 1 aliphatic rings. The SMILES string of the molecule is Nc1ccc(N=Nc2ccc(/C=C/c3ccc(N=Nc4c(S(=O)(=O)[O-])cc5c(c4N)C(=O)/C(=N\Nc4ccccc4)C(S(=O)(=O)[O-])=C5)cc3S(=O)(=O)[O-])c(S(=O)(=O)[O-])c2)c(N)c1.[Na+].[Na+].[Na+].[Na+]. The number of nitrogens with zero attached hydrogens (tertiary/aromatic N) is 5. The molecule has 6 rings (SSSR count). The van der Waals surface area contributed by atoms with Gasteiger partial charge in [0.15, 0.2) is 0 Å². The van der Waals surface area contributed by atoms with E-state index in [0.29, 0.717) is 23.9 Å². The van der Waals surface area contributed by atoms with E-state index >= 15 is 0 Å². The molecule has 0 aromatic heterocycles. The number of carbonyl (C=O) groups is 1. The quantitative estimate of drug-likeness (QED) is 0.0225. The molecule has 0 aliphatic heterocycles. The van der Waals surface area contributed by atoms with Crippen LogP contribution in [0.1, 0.15) is 27.0 Å². The van der Waals surface area contributed by atoms with Crippen LogP contribution in [0.15, 0.2) is 136 Å². The van der Waals surface area contributed by atoms with Gasteiger partial charge in [-0.25, -0.2) is 33.7 Å². The van der Waals surface area contributed by atoms with Crippen molar-refractivity contribution in [2.24, 2.45) is 25.6 Å².